The largest absolute Gasteiger partial charge is 0.512 e. The molecule has 0 bridgehead atoms. The minimum absolute atomic E-state index is 0.0260. The van der Waals surface area contributed by atoms with E-state index < -0.39 is 11.8 Å². The third-order valence-corrected chi connectivity index (χ3v) is 4.52. The third kappa shape index (κ3) is 2.22. The molecule has 2 aliphatic rings. The summed E-state index contributed by atoms with van der Waals surface area (Å²) in [5, 5.41) is 10.3. The van der Waals surface area contributed by atoms with Gasteiger partial charge in [-0.3, -0.25) is 4.79 Å². The molecule has 0 fully saturated rings. The van der Waals surface area contributed by atoms with Gasteiger partial charge in [-0.1, -0.05) is 18.2 Å². The third-order valence-electron chi connectivity index (χ3n) is 4.52. The van der Waals surface area contributed by atoms with Gasteiger partial charge in [0.1, 0.15) is 23.1 Å². The Morgan fingerprint density at radius 1 is 1.04 bits per heavy atom. The number of ketones is 1. The SMILES string of the molecule is O=C1CCC=C(O)[C@@H]1[C@@H]1c2ccccc2Oc2ccc(F)cc21. The van der Waals surface area contributed by atoms with Crippen molar-refractivity contribution in [2.45, 2.75) is 18.8 Å². The van der Waals surface area contributed by atoms with Crippen molar-refractivity contribution in [2.24, 2.45) is 5.92 Å². The molecule has 4 rings (SSSR count). The lowest BCUT2D eigenvalue weighted by atomic mass is 9.73. The molecule has 0 spiro atoms. The van der Waals surface area contributed by atoms with E-state index in [4.69, 9.17) is 4.74 Å². The van der Waals surface area contributed by atoms with Gasteiger partial charge in [0.05, 0.1) is 11.7 Å². The number of allylic oxidation sites excluding steroid dienone is 2. The summed E-state index contributed by atoms with van der Waals surface area (Å²) in [6.45, 7) is 0. The highest BCUT2D eigenvalue weighted by atomic mass is 19.1. The van der Waals surface area contributed by atoms with Gasteiger partial charge in [-0.15, -0.1) is 0 Å². The fraction of sp³-hybridized carbons (Fsp3) is 0.211. The summed E-state index contributed by atoms with van der Waals surface area (Å²) < 4.78 is 19.6. The smallest absolute Gasteiger partial charge is 0.144 e. The van der Waals surface area contributed by atoms with Crippen LogP contribution < -0.4 is 4.74 Å². The van der Waals surface area contributed by atoms with Crippen molar-refractivity contribution >= 4 is 5.78 Å². The maximum Gasteiger partial charge on any atom is 0.144 e. The molecule has 2 atom stereocenters. The molecule has 2 aromatic carbocycles. The molecule has 23 heavy (non-hydrogen) atoms. The number of aliphatic hydroxyl groups is 1. The van der Waals surface area contributed by atoms with Crippen LogP contribution in [0.25, 0.3) is 0 Å². The van der Waals surface area contributed by atoms with Crippen LogP contribution in [0.3, 0.4) is 0 Å². The molecule has 0 aromatic heterocycles. The molecule has 1 heterocycles. The Balaban J connectivity index is 1.94. The maximum atomic E-state index is 13.8. The van der Waals surface area contributed by atoms with E-state index in [-0.39, 0.29) is 17.4 Å². The van der Waals surface area contributed by atoms with Crippen molar-refractivity contribution in [3.63, 3.8) is 0 Å². The van der Waals surface area contributed by atoms with Crippen molar-refractivity contribution in [1.82, 2.24) is 0 Å². The Kier molecular flexibility index (Phi) is 3.18. The minimum atomic E-state index is -0.686. The second-order valence-corrected chi connectivity index (χ2v) is 5.91. The lowest BCUT2D eigenvalue weighted by Gasteiger charge is -2.34. The first-order valence-corrected chi connectivity index (χ1v) is 7.63. The zero-order valence-corrected chi connectivity index (χ0v) is 12.3. The number of halogens is 1. The Bertz CT molecular complexity index is 825. The molecule has 0 saturated carbocycles. The number of carbonyl (C=O) groups excluding carboxylic acids is 1. The highest BCUT2D eigenvalue weighted by Crippen LogP contribution is 2.50. The standard InChI is InChI=1S/C19H15FO3/c20-11-8-9-17-13(10-11)18(12-4-1-2-7-16(12)23-17)19-14(21)5-3-6-15(19)22/h1-2,4-5,7-10,18-19,21H,3,6H2/t18-,19+/m1/s1. The number of fused-ring (bicyclic) bond motifs is 2. The van der Waals surface area contributed by atoms with Gasteiger partial charge in [-0.05, 0) is 36.8 Å². The zero-order chi connectivity index (χ0) is 16.0. The second kappa shape index (κ2) is 5.23. The van der Waals surface area contributed by atoms with Gasteiger partial charge >= 0.3 is 0 Å². The van der Waals surface area contributed by atoms with Gasteiger partial charge in [0.15, 0.2) is 0 Å². The summed E-state index contributed by atoms with van der Waals surface area (Å²) in [6, 6.07) is 11.7. The van der Waals surface area contributed by atoms with Gasteiger partial charge in [0, 0.05) is 23.5 Å². The average molecular weight is 310 g/mol. The quantitative estimate of drug-likeness (QED) is 0.844. The number of carbonyl (C=O) groups is 1. The van der Waals surface area contributed by atoms with E-state index in [1.807, 2.05) is 24.3 Å². The molecule has 1 N–H and O–H groups in total. The summed E-state index contributed by atoms with van der Waals surface area (Å²) in [4.78, 5) is 12.5. The molecule has 2 aromatic rings. The van der Waals surface area contributed by atoms with E-state index >= 15 is 0 Å². The van der Waals surface area contributed by atoms with E-state index in [0.29, 0.717) is 29.9 Å². The van der Waals surface area contributed by atoms with Crippen LogP contribution in [0.15, 0.2) is 54.3 Å². The number of rotatable bonds is 1. The monoisotopic (exact) mass is 310 g/mol. The number of benzene rings is 2. The van der Waals surface area contributed by atoms with E-state index in [2.05, 4.69) is 0 Å². The Morgan fingerprint density at radius 3 is 2.65 bits per heavy atom. The molecule has 1 aliphatic carbocycles. The van der Waals surface area contributed by atoms with E-state index in [1.54, 1.807) is 12.1 Å². The van der Waals surface area contributed by atoms with Crippen molar-refractivity contribution in [2.75, 3.05) is 0 Å². The minimum Gasteiger partial charge on any atom is -0.512 e. The lowest BCUT2D eigenvalue weighted by Crippen LogP contribution is -2.29. The van der Waals surface area contributed by atoms with Gasteiger partial charge in [-0.2, -0.15) is 0 Å². The number of aliphatic hydroxyl groups excluding tert-OH is 1. The lowest BCUT2D eigenvalue weighted by molar-refractivity contribution is -0.123. The number of para-hydroxylation sites is 1. The van der Waals surface area contributed by atoms with E-state index in [1.165, 1.54) is 12.1 Å². The summed E-state index contributed by atoms with van der Waals surface area (Å²) in [5.74, 6) is -0.295. The average Bonchev–Trinajstić information content (AvgIpc) is 2.54. The van der Waals surface area contributed by atoms with Gasteiger partial charge in [0.2, 0.25) is 0 Å². The molecule has 0 amide bonds. The first-order chi connectivity index (χ1) is 11.1. The first kappa shape index (κ1) is 14.0. The Hall–Kier alpha value is -2.62. The number of hydrogen-bond donors (Lipinski definition) is 1. The normalized spacial score (nSPS) is 22.7. The topological polar surface area (TPSA) is 46.5 Å². The van der Waals surface area contributed by atoms with Crippen LogP contribution in [0.5, 0.6) is 11.5 Å². The molecule has 116 valence electrons. The maximum absolute atomic E-state index is 13.8. The predicted octanol–water partition coefficient (Wildman–Crippen LogP) is 4.48. The summed E-state index contributed by atoms with van der Waals surface area (Å²) in [6.07, 6.45) is 2.62. The van der Waals surface area contributed by atoms with Gasteiger partial charge in [0.25, 0.3) is 0 Å². The number of ether oxygens (including phenoxy) is 1. The second-order valence-electron chi connectivity index (χ2n) is 5.91. The molecular formula is C19H15FO3. The van der Waals surface area contributed by atoms with Crippen LogP contribution in [0.4, 0.5) is 4.39 Å². The van der Waals surface area contributed by atoms with Crippen LogP contribution in [0.1, 0.15) is 29.9 Å². The fourth-order valence-corrected chi connectivity index (χ4v) is 3.50. The molecule has 0 saturated heterocycles. The zero-order valence-electron chi connectivity index (χ0n) is 12.3. The molecule has 4 heteroatoms. The van der Waals surface area contributed by atoms with Crippen LogP contribution in [-0.2, 0) is 4.79 Å². The van der Waals surface area contributed by atoms with Gasteiger partial charge in [-0.25, -0.2) is 4.39 Å². The van der Waals surface area contributed by atoms with Crippen LogP contribution >= 0.6 is 0 Å². The summed E-state index contributed by atoms with van der Waals surface area (Å²) in [5.41, 5.74) is 1.40. The Labute approximate surface area is 133 Å². The number of hydrogen-bond acceptors (Lipinski definition) is 3. The molecule has 3 nitrogen and oxygen atoms in total. The molecular weight excluding hydrogens is 295 g/mol. The van der Waals surface area contributed by atoms with Crippen molar-refractivity contribution in [3.8, 4) is 11.5 Å². The van der Waals surface area contributed by atoms with Crippen LogP contribution in [0.2, 0.25) is 0 Å². The highest BCUT2D eigenvalue weighted by molar-refractivity contribution is 5.86. The fourth-order valence-electron chi connectivity index (χ4n) is 3.50. The summed E-state index contributed by atoms with van der Waals surface area (Å²) >= 11 is 0. The Morgan fingerprint density at radius 2 is 1.83 bits per heavy atom. The van der Waals surface area contributed by atoms with Crippen molar-refractivity contribution in [1.29, 1.82) is 0 Å². The molecule has 0 unspecified atom stereocenters. The predicted molar refractivity (Wildman–Crippen MR) is 83.2 cm³/mol. The van der Waals surface area contributed by atoms with Crippen molar-refractivity contribution < 1.29 is 19.0 Å². The molecule has 1 aliphatic heterocycles. The first-order valence-electron chi connectivity index (χ1n) is 7.63. The van der Waals surface area contributed by atoms with Crippen LogP contribution in [0, 0.1) is 11.7 Å². The highest BCUT2D eigenvalue weighted by Gasteiger charge is 2.40. The molecule has 0 radical (unpaired) electrons. The van der Waals surface area contributed by atoms with E-state index in [0.717, 1.165) is 5.56 Å². The van der Waals surface area contributed by atoms with Crippen LogP contribution in [-0.4, -0.2) is 10.9 Å². The van der Waals surface area contributed by atoms with Gasteiger partial charge < -0.3 is 9.84 Å². The van der Waals surface area contributed by atoms with E-state index in [9.17, 15) is 14.3 Å². The van der Waals surface area contributed by atoms with Crippen molar-refractivity contribution in [3.05, 3.63) is 71.2 Å². The summed E-state index contributed by atoms with van der Waals surface area (Å²) in [7, 11) is 0. The number of Topliss-reactive ketones (excluding diaryl/α,β-unsaturated/α-hetero) is 1.